The standard InChI is InChI=1S/C23H25NO4/c1-15-11-13-24(14-12-15)22(25)16(2)27-23(26)21-17-7-3-5-9-19(17)28-20-10-6-4-8-18(20)21/h3-10,15-16,21H,11-14H2,1-2H3. The molecule has 5 heteroatoms. The number of esters is 1. The van der Waals surface area contributed by atoms with E-state index in [1.165, 1.54) is 0 Å². The summed E-state index contributed by atoms with van der Waals surface area (Å²) in [5, 5.41) is 0. The first-order chi connectivity index (χ1) is 13.5. The van der Waals surface area contributed by atoms with Gasteiger partial charge in [-0.05, 0) is 37.8 Å². The lowest BCUT2D eigenvalue weighted by Crippen LogP contribution is -2.44. The molecular weight excluding hydrogens is 354 g/mol. The van der Waals surface area contributed by atoms with E-state index in [1.807, 2.05) is 53.4 Å². The monoisotopic (exact) mass is 379 g/mol. The number of piperidine rings is 1. The summed E-state index contributed by atoms with van der Waals surface area (Å²) in [4.78, 5) is 27.7. The second kappa shape index (κ2) is 7.66. The molecule has 0 aliphatic carbocycles. The van der Waals surface area contributed by atoms with Crippen LogP contribution >= 0.6 is 0 Å². The molecule has 1 amide bonds. The minimum absolute atomic E-state index is 0.117. The van der Waals surface area contributed by atoms with Crippen LogP contribution in [0.4, 0.5) is 0 Å². The highest BCUT2D eigenvalue weighted by Crippen LogP contribution is 2.44. The fourth-order valence-corrected chi connectivity index (χ4v) is 3.94. The number of ether oxygens (including phenoxy) is 2. The fourth-order valence-electron chi connectivity index (χ4n) is 3.94. The van der Waals surface area contributed by atoms with E-state index in [1.54, 1.807) is 6.92 Å². The third-order valence-corrected chi connectivity index (χ3v) is 5.65. The zero-order chi connectivity index (χ0) is 19.7. The SMILES string of the molecule is CC1CCN(C(=O)C(C)OC(=O)C2c3ccccc3Oc3ccccc32)CC1. The number of carbonyl (C=O) groups is 2. The number of fused-ring (bicyclic) bond motifs is 2. The van der Waals surface area contributed by atoms with Gasteiger partial charge in [0.15, 0.2) is 6.10 Å². The molecule has 0 bridgehead atoms. The zero-order valence-corrected chi connectivity index (χ0v) is 16.3. The van der Waals surface area contributed by atoms with Crippen molar-refractivity contribution in [3.63, 3.8) is 0 Å². The van der Waals surface area contributed by atoms with Gasteiger partial charge in [-0.15, -0.1) is 0 Å². The summed E-state index contributed by atoms with van der Waals surface area (Å²) in [6.45, 7) is 5.32. The minimum atomic E-state index is -0.803. The normalized spacial score (nSPS) is 17.9. The molecule has 4 rings (SSSR count). The van der Waals surface area contributed by atoms with E-state index in [2.05, 4.69) is 6.92 Å². The summed E-state index contributed by atoms with van der Waals surface area (Å²) < 4.78 is 11.6. The first-order valence-corrected chi connectivity index (χ1v) is 9.89. The molecule has 2 heterocycles. The molecule has 2 aromatic rings. The molecule has 0 aromatic heterocycles. The highest BCUT2D eigenvalue weighted by molar-refractivity contribution is 5.89. The maximum Gasteiger partial charge on any atom is 0.318 e. The van der Waals surface area contributed by atoms with Crippen molar-refractivity contribution in [1.29, 1.82) is 0 Å². The van der Waals surface area contributed by atoms with Crippen molar-refractivity contribution in [2.75, 3.05) is 13.1 Å². The molecule has 0 N–H and O–H groups in total. The summed E-state index contributed by atoms with van der Waals surface area (Å²) in [6, 6.07) is 14.9. The summed E-state index contributed by atoms with van der Waals surface area (Å²) >= 11 is 0. The first kappa shape index (κ1) is 18.5. The lowest BCUT2D eigenvalue weighted by atomic mass is 9.88. The number of amides is 1. The van der Waals surface area contributed by atoms with E-state index in [9.17, 15) is 9.59 Å². The van der Waals surface area contributed by atoms with Crippen LogP contribution in [0.1, 0.15) is 43.7 Å². The minimum Gasteiger partial charge on any atom is -0.457 e. The van der Waals surface area contributed by atoms with Crippen LogP contribution < -0.4 is 4.74 Å². The molecule has 1 fully saturated rings. The van der Waals surface area contributed by atoms with E-state index in [4.69, 9.17) is 9.47 Å². The van der Waals surface area contributed by atoms with Gasteiger partial charge in [0, 0.05) is 24.2 Å². The van der Waals surface area contributed by atoms with Crippen LogP contribution in [0, 0.1) is 5.92 Å². The topological polar surface area (TPSA) is 55.8 Å². The average Bonchev–Trinajstić information content (AvgIpc) is 2.71. The fraction of sp³-hybridized carbons (Fsp3) is 0.391. The molecule has 1 saturated heterocycles. The lowest BCUT2D eigenvalue weighted by Gasteiger charge is -2.32. The van der Waals surface area contributed by atoms with Crippen LogP contribution in [0.15, 0.2) is 48.5 Å². The van der Waals surface area contributed by atoms with Crippen LogP contribution in [-0.4, -0.2) is 36.0 Å². The van der Waals surface area contributed by atoms with E-state index < -0.39 is 18.0 Å². The number of rotatable bonds is 3. The van der Waals surface area contributed by atoms with Crippen molar-refractivity contribution in [2.24, 2.45) is 5.92 Å². The molecule has 2 aliphatic rings. The highest BCUT2D eigenvalue weighted by Gasteiger charge is 2.36. The van der Waals surface area contributed by atoms with Gasteiger partial charge in [-0.1, -0.05) is 43.3 Å². The van der Waals surface area contributed by atoms with Crippen LogP contribution in [0.5, 0.6) is 11.5 Å². The third-order valence-electron chi connectivity index (χ3n) is 5.65. The molecule has 1 unspecified atom stereocenters. The number of likely N-dealkylation sites (tertiary alicyclic amines) is 1. The van der Waals surface area contributed by atoms with Crippen molar-refractivity contribution < 1.29 is 19.1 Å². The van der Waals surface area contributed by atoms with Crippen molar-refractivity contribution in [2.45, 2.75) is 38.7 Å². The predicted octanol–water partition coefficient (Wildman–Crippen LogP) is 4.11. The average molecular weight is 379 g/mol. The van der Waals surface area contributed by atoms with Gasteiger partial charge in [-0.3, -0.25) is 9.59 Å². The summed E-state index contributed by atoms with van der Waals surface area (Å²) in [7, 11) is 0. The predicted molar refractivity (Wildman–Crippen MR) is 105 cm³/mol. The van der Waals surface area contributed by atoms with Crippen molar-refractivity contribution in [3.05, 3.63) is 59.7 Å². The quantitative estimate of drug-likeness (QED) is 0.753. The smallest absolute Gasteiger partial charge is 0.318 e. The van der Waals surface area contributed by atoms with Gasteiger partial charge in [-0.25, -0.2) is 0 Å². The molecule has 146 valence electrons. The van der Waals surface area contributed by atoms with Gasteiger partial charge in [0.2, 0.25) is 0 Å². The Morgan fingerprint density at radius 2 is 1.54 bits per heavy atom. The molecule has 0 radical (unpaired) electrons. The summed E-state index contributed by atoms with van der Waals surface area (Å²) in [5.41, 5.74) is 1.52. The van der Waals surface area contributed by atoms with E-state index in [0.29, 0.717) is 17.4 Å². The Kier molecular flexibility index (Phi) is 5.07. The molecule has 5 nitrogen and oxygen atoms in total. The number of hydrogen-bond acceptors (Lipinski definition) is 4. The van der Waals surface area contributed by atoms with Gasteiger partial charge >= 0.3 is 5.97 Å². The molecule has 0 spiro atoms. The van der Waals surface area contributed by atoms with Gasteiger partial charge in [0.25, 0.3) is 5.91 Å². The van der Waals surface area contributed by atoms with Crippen molar-refractivity contribution in [3.8, 4) is 11.5 Å². The van der Waals surface area contributed by atoms with Crippen LogP contribution in [0.3, 0.4) is 0 Å². The molecule has 2 aromatic carbocycles. The maximum absolute atomic E-state index is 13.1. The van der Waals surface area contributed by atoms with Crippen LogP contribution in [-0.2, 0) is 14.3 Å². The lowest BCUT2D eigenvalue weighted by molar-refractivity contribution is -0.160. The highest BCUT2D eigenvalue weighted by atomic mass is 16.5. The second-order valence-electron chi connectivity index (χ2n) is 7.70. The number of nitrogens with zero attached hydrogens (tertiary/aromatic N) is 1. The van der Waals surface area contributed by atoms with E-state index >= 15 is 0 Å². The number of hydrogen-bond donors (Lipinski definition) is 0. The summed E-state index contributed by atoms with van der Waals surface area (Å²) in [5.74, 6) is 0.789. The van der Waals surface area contributed by atoms with Crippen LogP contribution in [0.2, 0.25) is 0 Å². The Morgan fingerprint density at radius 1 is 1.00 bits per heavy atom. The summed E-state index contributed by atoms with van der Waals surface area (Å²) in [6.07, 6.45) is 1.18. The largest absolute Gasteiger partial charge is 0.457 e. The number of para-hydroxylation sites is 2. The molecule has 2 aliphatic heterocycles. The molecule has 28 heavy (non-hydrogen) atoms. The Hall–Kier alpha value is -2.82. The van der Waals surface area contributed by atoms with Gasteiger partial charge in [0.05, 0.1) is 0 Å². The number of carbonyl (C=O) groups excluding carboxylic acids is 2. The molecule has 1 atom stereocenters. The molecule has 0 saturated carbocycles. The van der Waals surface area contributed by atoms with Gasteiger partial charge in [0.1, 0.15) is 17.4 Å². The Bertz CT molecular complexity index is 840. The van der Waals surface area contributed by atoms with Crippen LogP contribution in [0.25, 0.3) is 0 Å². The first-order valence-electron chi connectivity index (χ1n) is 9.89. The maximum atomic E-state index is 13.1. The van der Waals surface area contributed by atoms with Gasteiger partial charge in [-0.2, -0.15) is 0 Å². The zero-order valence-electron chi connectivity index (χ0n) is 16.3. The van der Waals surface area contributed by atoms with Crippen molar-refractivity contribution in [1.82, 2.24) is 4.90 Å². The van der Waals surface area contributed by atoms with Gasteiger partial charge < -0.3 is 14.4 Å². The Balaban J connectivity index is 1.54. The number of benzene rings is 2. The molecular formula is C23H25NO4. The Labute approximate surface area is 165 Å². The third kappa shape index (κ3) is 3.49. The van der Waals surface area contributed by atoms with E-state index in [0.717, 1.165) is 37.1 Å². The second-order valence-corrected chi connectivity index (χ2v) is 7.70. The Morgan fingerprint density at radius 3 is 2.11 bits per heavy atom. The van der Waals surface area contributed by atoms with E-state index in [-0.39, 0.29) is 5.91 Å². The van der Waals surface area contributed by atoms with Crippen molar-refractivity contribution >= 4 is 11.9 Å².